The van der Waals surface area contributed by atoms with Gasteiger partial charge in [0.15, 0.2) is 0 Å². The molecule has 0 heterocycles. The van der Waals surface area contributed by atoms with Crippen LogP contribution < -0.4 is 0 Å². The molecule has 2 aromatic carbocycles. The summed E-state index contributed by atoms with van der Waals surface area (Å²) in [6, 6.07) is 18.6. The van der Waals surface area contributed by atoms with Crippen molar-refractivity contribution in [1.29, 1.82) is 0 Å². The molecule has 2 unspecified atom stereocenters. The monoisotopic (exact) mass is 283 g/mol. The summed E-state index contributed by atoms with van der Waals surface area (Å²) in [6.07, 6.45) is 0.462. The lowest BCUT2D eigenvalue weighted by Crippen LogP contribution is -2.36. The fourth-order valence-electron chi connectivity index (χ4n) is 2.86. The highest BCUT2D eigenvalue weighted by atomic mass is 16.3. The van der Waals surface area contributed by atoms with Gasteiger partial charge in [0.2, 0.25) is 0 Å². The van der Waals surface area contributed by atoms with Crippen molar-refractivity contribution in [3.63, 3.8) is 0 Å². The Balaban J connectivity index is 2.09. The van der Waals surface area contributed by atoms with E-state index in [1.54, 1.807) is 0 Å². The molecule has 0 aromatic heterocycles. The standard InChI is InChI=1S/C19H25NO/c1-4-18(19(21)17-11-6-5-7-12-17)20(3)14-16-10-8-9-15(2)13-16/h5-13,18-19,21H,4,14H2,1-3H3. The molecule has 0 aliphatic rings. The molecule has 2 atom stereocenters. The molecule has 0 saturated heterocycles. The highest BCUT2D eigenvalue weighted by Crippen LogP contribution is 2.23. The summed E-state index contributed by atoms with van der Waals surface area (Å²) in [6.45, 7) is 5.09. The van der Waals surface area contributed by atoms with Crippen LogP contribution in [-0.2, 0) is 6.54 Å². The average Bonchev–Trinajstić information content (AvgIpc) is 2.48. The summed E-state index contributed by atoms with van der Waals surface area (Å²) in [7, 11) is 2.09. The topological polar surface area (TPSA) is 23.5 Å². The van der Waals surface area contributed by atoms with E-state index >= 15 is 0 Å². The average molecular weight is 283 g/mol. The van der Waals surface area contributed by atoms with Crippen LogP contribution in [0, 0.1) is 6.92 Å². The van der Waals surface area contributed by atoms with Gasteiger partial charge in [0.05, 0.1) is 6.10 Å². The first-order valence-electron chi connectivity index (χ1n) is 7.60. The highest BCUT2D eigenvalue weighted by molar-refractivity contribution is 5.23. The van der Waals surface area contributed by atoms with Crippen LogP contribution in [0.15, 0.2) is 54.6 Å². The van der Waals surface area contributed by atoms with Crippen molar-refractivity contribution in [3.8, 4) is 0 Å². The van der Waals surface area contributed by atoms with Gasteiger partial charge in [0.1, 0.15) is 0 Å². The van der Waals surface area contributed by atoms with Crippen molar-refractivity contribution in [2.24, 2.45) is 0 Å². The maximum atomic E-state index is 10.6. The molecule has 2 nitrogen and oxygen atoms in total. The Labute approximate surface area is 128 Å². The molecule has 21 heavy (non-hydrogen) atoms. The molecule has 2 heteroatoms. The summed E-state index contributed by atoms with van der Waals surface area (Å²) in [5, 5.41) is 10.6. The second-order valence-electron chi connectivity index (χ2n) is 5.74. The van der Waals surface area contributed by atoms with Crippen LogP contribution >= 0.6 is 0 Å². The van der Waals surface area contributed by atoms with Gasteiger partial charge >= 0.3 is 0 Å². The molecule has 0 spiro atoms. The number of rotatable bonds is 6. The van der Waals surface area contributed by atoms with Crippen molar-refractivity contribution in [3.05, 3.63) is 71.3 Å². The van der Waals surface area contributed by atoms with Crippen molar-refractivity contribution in [2.45, 2.75) is 39.0 Å². The van der Waals surface area contributed by atoms with E-state index in [4.69, 9.17) is 0 Å². The number of hydrogen-bond donors (Lipinski definition) is 1. The van der Waals surface area contributed by atoms with E-state index in [1.807, 2.05) is 30.3 Å². The maximum Gasteiger partial charge on any atom is 0.0945 e. The molecule has 0 aliphatic heterocycles. The van der Waals surface area contributed by atoms with Gasteiger partial charge in [-0.15, -0.1) is 0 Å². The lowest BCUT2D eigenvalue weighted by molar-refractivity contribution is 0.0563. The Morgan fingerprint density at radius 1 is 1.05 bits per heavy atom. The summed E-state index contributed by atoms with van der Waals surface area (Å²) >= 11 is 0. The van der Waals surface area contributed by atoms with Crippen LogP contribution in [0.4, 0.5) is 0 Å². The summed E-state index contributed by atoms with van der Waals surface area (Å²) in [4.78, 5) is 2.24. The predicted molar refractivity (Wildman–Crippen MR) is 88.1 cm³/mol. The molecule has 0 bridgehead atoms. The van der Waals surface area contributed by atoms with Crippen molar-refractivity contribution < 1.29 is 5.11 Å². The number of benzene rings is 2. The summed E-state index contributed by atoms with van der Waals surface area (Å²) < 4.78 is 0. The quantitative estimate of drug-likeness (QED) is 0.868. The Bertz CT molecular complexity index is 553. The molecule has 0 saturated carbocycles. The molecule has 0 aliphatic carbocycles. The van der Waals surface area contributed by atoms with Gasteiger partial charge in [-0.25, -0.2) is 0 Å². The molecule has 2 aromatic rings. The number of likely N-dealkylation sites (N-methyl/N-ethyl adjacent to an activating group) is 1. The Hall–Kier alpha value is -1.64. The van der Waals surface area contributed by atoms with E-state index in [1.165, 1.54) is 11.1 Å². The molecular formula is C19H25NO. The van der Waals surface area contributed by atoms with Gasteiger partial charge in [0.25, 0.3) is 0 Å². The van der Waals surface area contributed by atoms with Gasteiger partial charge < -0.3 is 5.11 Å². The second-order valence-corrected chi connectivity index (χ2v) is 5.74. The zero-order chi connectivity index (χ0) is 15.2. The van der Waals surface area contributed by atoms with E-state index in [0.717, 1.165) is 18.5 Å². The van der Waals surface area contributed by atoms with Crippen LogP contribution in [-0.4, -0.2) is 23.1 Å². The van der Waals surface area contributed by atoms with Crippen LogP contribution in [0.25, 0.3) is 0 Å². The minimum atomic E-state index is -0.453. The Morgan fingerprint density at radius 3 is 2.38 bits per heavy atom. The maximum absolute atomic E-state index is 10.6. The van der Waals surface area contributed by atoms with Gasteiger partial charge in [-0.2, -0.15) is 0 Å². The Kier molecular flexibility index (Phi) is 5.54. The fraction of sp³-hybridized carbons (Fsp3) is 0.368. The molecule has 0 radical (unpaired) electrons. The molecule has 2 rings (SSSR count). The third-order valence-electron chi connectivity index (χ3n) is 4.00. The van der Waals surface area contributed by atoms with E-state index in [0.29, 0.717) is 0 Å². The molecule has 0 fully saturated rings. The molecule has 0 amide bonds. The van der Waals surface area contributed by atoms with Crippen LogP contribution in [0.3, 0.4) is 0 Å². The highest BCUT2D eigenvalue weighted by Gasteiger charge is 2.23. The van der Waals surface area contributed by atoms with Crippen molar-refractivity contribution in [2.75, 3.05) is 7.05 Å². The molecular weight excluding hydrogens is 258 g/mol. The third-order valence-corrected chi connectivity index (χ3v) is 4.00. The zero-order valence-corrected chi connectivity index (χ0v) is 13.2. The van der Waals surface area contributed by atoms with E-state index in [2.05, 4.69) is 50.1 Å². The first-order chi connectivity index (χ1) is 10.1. The normalized spacial score (nSPS) is 14.1. The SMILES string of the molecule is CCC(C(O)c1ccccc1)N(C)Cc1cccc(C)c1. The van der Waals surface area contributed by atoms with Gasteiger partial charge in [-0.1, -0.05) is 67.1 Å². The summed E-state index contributed by atoms with van der Waals surface area (Å²) in [5.41, 5.74) is 3.55. The smallest absolute Gasteiger partial charge is 0.0945 e. The zero-order valence-electron chi connectivity index (χ0n) is 13.2. The van der Waals surface area contributed by atoms with Crippen LogP contribution in [0.5, 0.6) is 0 Å². The van der Waals surface area contributed by atoms with Gasteiger partial charge in [-0.3, -0.25) is 4.90 Å². The van der Waals surface area contributed by atoms with Crippen LogP contribution in [0.2, 0.25) is 0 Å². The van der Waals surface area contributed by atoms with E-state index in [9.17, 15) is 5.11 Å². The minimum Gasteiger partial charge on any atom is -0.387 e. The second kappa shape index (κ2) is 7.39. The number of aryl methyl sites for hydroxylation is 1. The van der Waals surface area contributed by atoms with Gasteiger partial charge in [-0.05, 0) is 31.5 Å². The Morgan fingerprint density at radius 2 is 1.76 bits per heavy atom. The van der Waals surface area contributed by atoms with E-state index < -0.39 is 6.10 Å². The molecule has 1 N–H and O–H groups in total. The lowest BCUT2D eigenvalue weighted by atomic mass is 9.98. The molecule has 112 valence electrons. The largest absolute Gasteiger partial charge is 0.387 e. The van der Waals surface area contributed by atoms with E-state index in [-0.39, 0.29) is 6.04 Å². The number of nitrogens with zero attached hydrogens (tertiary/aromatic N) is 1. The third kappa shape index (κ3) is 4.16. The van der Waals surface area contributed by atoms with Crippen molar-refractivity contribution >= 4 is 0 Å². The first kappa shape index (κ1) is 15.7. The predicted octanol–water partition coefficient (Wildman–Crippen LogP) is 3.94. The number of aliphatic hydroxyl groups is 1. The van der Waals surface area contributed by atoms with Crippen molar-refractivity contribution in [1.82, 2.24) is 4.90 Å². The number of aliphatic hydroxyl groups excluding tert-OH is 1. The fourth-order valence-corrected chi connectivity index (χ4v) is 2.86. The van der Waals surface area contributed by atoms with Crippen LogP contribution in [0.1, 0.15) is 36.1 Å². The minimum absolute atomic E-state index is 0.118. The van der Waals surface area contributed by atoms with Gasteiger partial charge in [0, 0.05) is 12.6 Å². The number of hydrogen-bond acceptors (Lipinski definition) is 2. The first-order valence-corrected chi connectivity index (χ1v) is 7.60. The summed E-state index contributed by atoms with van der Waals surface area (Å²) in [5.74, 6) is 0. The lowest BCUT2D eigenvalue weighted by Gasteiger charge is -2.31.